The van der Waals surface area contributed by atoms with Gasteiger partial charge in [-0.25, -0.2) is 4.98 Å². The molecular weight excluding hydrogens is 244 g/mol. The van der Waals surface area contributed by atoms with Gasteiger partial charge in [0.05, 0.1) is 16.9 Å². The summed E-state index contributed by atoms with van der Waals surface area (Å²) >= 11 is 0. The highest BCUT2D eigenvalue weighted by atomic mass is 19.1. The quantitative estimate of drug-likeness (QED) is 0.606. The Morgan fingerprint density at radius 1 is 1.16 bits per heavy atom. The van der Waals surface area contributed by atoms with Crippen LogP contribution in [-0.2, 0) is 9.31 Å². The van der Waals surface area contributed by atoms with Gasteiger partial charge in [-0.15, -0.1) is 0 Å². The van der Waals surface area contributed by atoms with Crippen molar-refractivity contribution in [2.75, 3.05) is 0 Å². The van der Waals surface area contributed by atoms with Crippen molar-refractivity contribution < 1.29 is 13.7 Å². The van der Waals surface area contributed by atoms with Gasteiger partial charge in [0.1, 0.15) is 0 Å². The van der Waals surface area contributed by atoms with Crippen molar-refractivity contribution in [3.8, 4) is 0 Å². The van der Waals surface area contributed by atoms with Gasteiger partial charge in [0, 0.05) is 5.56 Å². The molecule has 0 amide bonds. The third-order valence-electron chi connectivity index (χ3n) is 3.75. The van der Waals surface area contributed by atoms with Crippen molar-refractivity contribution in [2.24, 2.45) is 0 Å². The summed E-state index contributed by atoms with van der Waals surface area (Å²) in [4.78, 5) is 3.84. The van der Waals surface area contributed by atoms with Crippen LogP contribution >= 0.6 is 0 Å². The Hall–Kier alpha value is -1.20. The van der Waals surface area contributed by atoms with E-state index in [1.54, 1.807) is 31.1 Å². The van der Waals surface area contributed by atoms with Gasteiger partial charge in [-0.2, -0.15) is 4.39 Å². The van der Waals surface area contributed by atoms with Crippen LogP contribution in [0.5, 0.6) is 0 Å². The Morgan fingerprint density at radius 2 is 1.74 bits per heavy atom. The summed E-state index contributed by atoms with van der Waals surface area (Å²) in [6.45, 7) is 9.65. The average Bonchev–Trinajstić information content (AvgIpc) is 2.49. The van der Waals surface area contributed by atoms with Crippen LogP contribution in [0.25, 0.3) is 6.08 Å². The number of aryl methyl sites for hydroxylation is 1. The van der Waals surface area contributed by atoms with E-state index in [1.165, 1.54) is 0 Å². The minimum absolute atomic E-state index is 0.367. The zero-order valence-corrected chi connectivity index (χ0v) is 12.0. The third kappa shape index (κ3) is 2.87. The van der Waals surface area contributed by atoms with E-state index in [0.29, 0.717) is 11.3 Å². The number of nitrogens with zero attached hydrogens (tertiary/aromatic N) is 1. The van der Waals surface area contributed by atoms with Crippen molar-refractivity contribution in [1.82, 2.24) is 4.98 Å². The molecule has 1 fully saturated rings. The predicted octanol–water partition coefficient (Wildman–Crippen LogP) is 3.17. The molecule has 2 rings (SSSR count). The van der Waals surface area contributed by atoms with E-state index >= 15 is 0 Å². The van der Waals surface area contributed by atoms with Crippen molar-refractivity contribution >= 4 is 13.2 Å². The lowest BCUT2D eigenvalue weighted by Gasteiger charge is -2.32. The largest absolute Gasteiger partial charge is 0.487 e. The SMILES string of the molecule is Cc1ccc(/C=C/B2OC(C)(C)C(C)(C)O2)nc1F. The van der Waals surface area contributed by atoms with Crippen LogP contribution in [0.3, 0.4) is 0 Å². The Kier molecular flexibility index (Phi) is 3.54. The molecule has 0 bridgehead atoms. The fourth-order valence-electron chi connectivity index (χ4n) is 1.76. The monoisotopic (exact) mass is 263 g/mol. The van der Waals surface area contributed by atoms with Gasteiger partial charge >= 0.3 is 7.12 Å². The number of rotatable bonds is 2. The summed E-state index contributed by atoms with van der Waals surface area (Å²) in [5, 5.41) is 0. The van der Waals surface area contributed by atoms with Crippen molar-refractivity contribution in [1.29, 1.82) is 0 Å². The van der Waals surface area contributed by atoms with Crippen LogP contribution < -0.4 is 0 Å². The Labute approximate surface area is 114 Å². The fourth-order valence-corrected chi connectivity index (χ4v) is 1.76. The third-order valence-corrected chi connectivity index (χ3v) is 3.75. The number of hydrogen-bond acceptors (Lipinski definition) is 3. The normalized spacial score (nSPS) is 21.3. The summed E-state index contributed by atoms with van der Waals surface area (Å²) in [6, 6.07) is 3.46. The van der Waals surface area contributed by atoms with Crippen molar-refractivity contribution in [2.45, 2.75) is 45.8 Å². The second-order valence-electron chi connectivity index (χ2n) is 5.83. The summed E-state index contributed by atoms with van der Waals surface area (Å²) in [6.07, 6.45) is 1.71. The summed E-state index contributed by atoms with van der Waals surface area (Å²) in [5.74, 6) is 1.31. The maximum absolute atomic E-state index is 13.3. The zero-order chi connectivity index (χ0) is 14.3. The van der Waals surface area contributed by atoms with Gasteiger partial charge in [-0.1, -0.05) is 12.0 Å². The zero-order valence-electron chi connectivity index (χ0n) is 12.0. The lowest BCUT2D eigenvalue weighted by atomic mass is 9.89. The number of hydrogen-bond donors (Lipinski definition) is 0. The van der Waals surface area contributed by atoms with Gasteiger partial charge in [0.25, 0.3) is 0 Å². The number of pyridine rings is 1. The van der Waals surface area contributed by atoms with Crippen LogP contribution in [-0.4, -0.2) is 23.3 Å². The summed E-state index contributed by atoms with van der Waals surface area (Å²) in [5.41, 5.74) is 0.354. The first-order valence-corrected chi connectivity index (χ1v) is 6.38. The Bertz CT molecular complexity index is 498. The van der Waals surface area contributed by atoms with Gasteiger partial charge < -0.3 is 9.31 Å². The highest BCUT2D eigenvalue weighted by Crippen LogP contribution is 2.36. The molecule has 1 aromatic rings. The van der Waals surface area contributed by atoms with Crippen LogP contribution in [0.15, 0.2) is 18.1 Å². The number of aromatic nitrogens is 1. The van der Waals surface area contributed by atoms with Crippen LogP contribution in [0.1, 0.15) is 39.0 Å². The second-order valence-corrected chi connectivity index (χ2v) is 5.83. The van der Waals surface area contributed by atoms with E-state index in [9.17, 15) is 4.39 Å². The number of halogens is 1. The molecule has 0 saturated carbocycles. The molecule has 0 aliphatic carbocycles. The maximum atomic E-state index is 13.3. The van der Waals surface area contributed by atoms with Crippen molar-refractivity contribution in [3.63, 3.8) is 0 Å². The van der Waals surface area contributed by atoms with E-state index in [0.717, 1.165) is 0 Å². The highest BCUT2D eigenvalue weighted by Gasteiger charge is 2.49. The van der Waals surface area contributed by atoms with E-state index in [1.807, 2.05) is 27.7 Å². The molecule has 3 nitrogen and oxygen atoms in total. The molecule has 0 spiro atoms. The van der Waals surface area contributed by atoms with E-state index < -0.39 is 13.1 Å². The topological polar surface area (TPSA) is 31.4 Å². The molecule has 0 atom stereocenters. The van der Waals surface area contributed by atoms with E-state index in [-0.39, 0.29) is 11.2 Å². The molecule has 1 aliphatic rings. The molecular formula is C14H19BFNO2. The molecule has 1 aliphatic heterocycles. The molecule has 0 aromatic carbocycles. The molecule has 1 saturated heterocycles. The van der Waals surface area contributed by atoms with E-state index in [2.05, 4.69) is 4.98 Å². The summed E-state index contributed by atoms with van der Waals surface area (Å²) < 4.78 is 24.9. The van der Waals surface area contributed by atoms with Crippen molar-refractivity contribution in [3.05, 3.63) is 35.3 Å². The van der Waals surface area contributed by atoms with Gasteiger partial charge in [0.15, 0.2) is 0 Å². The van der Waals surface area contributed by atoms with Crippen LogP contribution in [0, 0.1) is 12.9 Å². The lowest BCUT2D eigenvalue weighted by molar-refractivity contribution is 0.00578. The van der Waals surface area contributed by atoms with E-state index in [4.69, 9.17) is 9.31 Å². The molecule has 5 heteroatoms. The molecule has 102 valence electrons. The minimum atomic E-state index is -0.448. The first-order valence-electron chi connectivity index (χ1n) is 6.38. The maximum Gasteiger partial charge on any atom is 0.487 e. The standard InChI is InChI=1S/C14H19BFNO2/c1-10-6-7-11(17-12(10)16)8-9-15-18-13(2,3)14(4,5)19-15/h6-9H,1-5H3/b9-8+. The van der Waals surface area contributed by atoms with Gasteiger partial charge in [-0.3, -0.25) is 0 Å². The Balaban J connectivity index is 2.10. The average molecular weight is 263 g/mol. The fraction of sp³-hybridized carbons (Fsp3) is 0.500. The summed E-state index contributed by atoms with van der Waals surface area (Å²) in [7, 11) is -0.434. The predicted molar refractivity (Wildman–Crippen MR) is 74.0 cm³/mol. The molecule has 19 heavy (non-hydrogen) atoms. The van der Waals surface area contributed by atoms with Gasteiger partial charge in [-0.05, 0) is 46.8 Å². The second kappa shape index (κ2) is 4.73. The minimum Gasteiger partial charge on any atom is -0.400 e. The molecule has 2 heterocycles. The molecule has 0 N–H and O–H groups in total. The first-order chi connectivity index (χ1) is 8.71. The molecule has 0 radical (unpaired) electrons. The highest BCUT2D eigenvalue weighted by molar-refractivity contribution is 6.52. The molecule has 1 aromatic heterocycles. The molecule has 0 unspecified atom stereocenters. The lowest BCUT2D eigenvalue weighted by Crippen LogP contribution is -2.41. The van der Waals surface area contributed by atoms with Crippen LogP contribution in [0.2, 0.25) is 0 Å². The first kappa shape index (κ1) is 14.2. The smallest absolute Gasteiger partial charge is 0.400 e. The van der Waals surface area contributed by atoms with Crippen LogP contribution in [0.4, 0.5) is 4.39 Å². The van der Waals surface area contributed by atoms with Gasteiger partial charge in [0.2, 0.25) is 5.95 Å². The Morgan fingerprint density at radius 3 is 2.26 bits per heavy atom.